The van der Waals surface area contributed by atoms with E-state index in [4.69, 9.17) is 13.2 Å². The van der Waals surface area contributed by atoms with E-state index < -0.39 is 0 Å². The summed E-state index contributed by atoms with van der Waals surface area (Å²) in [6.07, 6.45) is 18.4. The standard InChI is InChI=1S/2C8H13.Pt/c2*1-3-5-7-8-6-4-2;/h2*1,3,5,7H,4,6,8H2,2H3;/q2*-1;+2. The van der Waals surface area contributed by atoms with E-state index in [1.807, 2.05) is 12.2 Å². The van der Waals surface area contributed by atoms with Crippen molar-refractivity contribution in [2.24, 2.45) is 0 Å². The van der Waals surface area contributed by atoms with E-state index >= 15 is 0 Å². The molecule has 0 aromatic carbocycles. The monoisotopic (exact) mass is 413 g/mol. The van der Waals surface area contributed by atoms with Gasteiger partial charge in [-0.05, 0) is 0 Å². The van der Waals surface area contributed by atoms with E-state index in [9.17, 15) is 0 Å². The SMILES string of the molecule is [CH-]=CC=CCCCC.[CH-]=CC=CCCCC.[Pt+2]. The molecule has 0 saturated heterocycles. The van der Waals surface area contributed by atoms with Crippen molar-refractivity contribution in [3.05, 3.63) is 49.6 Å². The first-order valence-electron chi connectivity index (χ1n) is 6.23. The summed E-state index contributed by atoms with van der Waals surface area (Å²) in [5.41, 5.74) is 0. The molecular weight excluding hydrogens is 387 g/mol. The molecule has 0 aliphatic rings. The number of allylic oxidation sites excluding steroid dienone is 6. The smallest absolute Gasteiger partial charge is 0.293 e. The first-order chi connectivity index (χ1) is 7.83. The van der Waals surface area contributed by atoms with E-state index in [1.165, 1.54) is 25.7 Å². The van der Waals surface area contributed by atoms with Gasteiger partial charge in [-0.1, -0.05) is 52.4 Å². The zero-order valence-corrected chi connectivity index (χ0v) is 13.4. The van der Waals surface area contributed by atoms with Crippen molar-refractivity contribution in [3.63, 3.8) is 0 Å². The molecule has 100 valence electrons. The minimum Gasteiger partial charge on any atom is -0.293 e. The molecule has 0 fully saturated rings. The second kappa shape index (κ2) is 24.7. The summed E-state index contributed by atoms with van der Waals surface area (Å²) in [6.45, 7) is 14.6. The van der Waals surface area contributed by atoms with Crippen molar-refractivity contribution in [3.8, 4) is 0 Å². The van der Waals surface area contributed by atoms with Gasteiger partial charge in [-0.25, -0.2) is 24.3 Å². The molecule has 0 bridgehead atoms. The first-order valence-corrected chi connectivity index (χ1v) is 6.23. The summed E-state index contributed by atoms with van der Waals surface area (Å²) >= 11 is 0. The Kier molecular flexibility index (Phi) is 31.9. The Bertz CT molecular complexity index is 168. The molecule has 0 aliphatic carbocycles. The van der Waals surface area contributed by atoms with Crippen LogP contribution in [0.2, 0.25) is 0 Å². The normalized spacial score (nSPS) is 9.53. The first kappa shape index (κ1) is 21.9. The third kappa shape index (κ3) is 31.3. The molecule has 0 rings (SSSR count). The van der Waals surface area contributed by atoms with Crippen molar-refractivity contribution < 1.29 is 21.1 Å². The van der Waals surface area contributed by atoms with Gasteiger partial charge in [0.05, 0.1) is 0 Å². The molecule has 0 aromatic rings. The average Bonchev–Trinajstić information content (AvgIpc) is 2.31. The summed E-state index contributed by atoms with van der Waals surface area (Å²) in [4.78, 5) is 0. The number of hydrogen-bond acceptors (Lipinski definition) is 0. The van der Waals surface area contributed by atoms with Crippen LogP contribution in [0.5, 0.6) is 0 Å². The molecule has 0 saturated carbocycles. The van der Waals surface area contributed by atoms with Gasteiger partial charge in [0.25, 0.3) is 0 Å². The maximum absolute atomic E-state index is 5.10. The topological polar surface area (TPSA) is 0 Å². The molecule has 0 aliphatic heterocycles. The average molecular weight is 413 g/mol. The largest absolute Gasteiger partial charge is 2.00 e. The third-order valence-corrected chi connectivity index (χ3v) is 1.94. The van der Waals surface area contributed by atoms with E-state index in [0.717, 1.165) is 12.8 Å². The number of hydrogen-bond donors (Lipinski definition) is 0. The summed E-state index contributed by atoms with van der Waals surface area (Å²) < 4.78 is 0. The minimum atomic E-state index is 0. The van der Waals surface area contributed by atoms with Crippen LogP contribution >= 0.6 is 0 Å². The molecule has 0 heterocycles. The Morgan fingerprint density at radius 1 is 0.765 bits per heavy atom. The zero-order chi connectivity index (χ0) is 12.5. The van der Waals surface area contributed by atoms with Crippen LogP contribution in [0, 0.1) is 13.2 Å². The van der Waals surface area contributed by atoms with Crippen LogP contribution in [-0.4, -0.2) is 0 Å². The predicted octanol–water partition coefficient (Wildman–Crippen LogP) is 5.44. The Hall–Kier alpha value is -0.352. The van der Waals surface area contributed by atoms with Crippen LogP contribution in [0.4, 0.5) is 0 Å². The van der Waals surface area contributed by atoms with Gasteiger partial charge in [0.2, 0.25) is 0 Å². The molecule has 0 radical (unpaired) electrons. The van der Waals surface area contributed by atoms with Gasteiger partial charge >= 0.3 is 21.1 Å². The van der Waals surface area contributed by atoms with Crippen molar-refractivity contribution in [1.82, 2.24) is 0 Å². The fourth-order valence-corrected chi connectivity index (χ4v) is 0.994. The zero-order valence-electron chi connectivity index (χ0n) is 11.2. The molecular formula is C16H26Pt. The maximum Gasteiger partial charge on any atom is 2.00 e. The molecule has 0 spiro atoms. The number of rotatable bonds is 8. The molecule has 0 amide bonds. The van der Waals surface area contributed by atoms with E-state index in [0.29, 0.717) is 0 Å². The molecule has 17 heavy (non-hydrogen) atoms. The molecule has 0 atom stereocenters. The Labute approximate surface area is 123 Å². The van der Waals surface area contributed by atoms with Gasteiger partial charge in [0.15, 0.2) is 0 Å². The molecule has 0 aromatic heterocycles. The maximum atomic E-state index is 5.10. The van der Waals surface area contributed by atoms with E-state index in [1.54, 1.807) is 12.2 Å². The van der Waals surface area contributed by atoms with Crippen LogP contribution in [0.1, 0.15) is 52.4 Å². The quantitative estimate of drug-likeness (QED) is 0.282. The fourth-order valence-electron chi connectivity index (χ4n) is 0.994. The molecule has 1 heteroatoms. The van der Waals surface area contributed by atoms with Gasteiger partial charge in [-0.15, -0.1) is 0 Å². The van der Waals surface area contributed by atoms with Gasteiger partial charge in [0, 0.05) is 0 Å². The third-order valence-electron chi connectivity index (χ3n) is 1.94. The Balaban J connectivity index is -0.000000218. The Morgan fingerprint density at radius 3 is 1.35 bits per heavy atom. The van der Waals surface area contributed by atoms with Crippen LogP contribution in [-0.2, 0) is 21.1 Å². The van der Waals surface area contributed by atoms with Gasteiger partial charge in [-0.2, -0.15) is 12.2 Å². The van der Waals surface area contributed by atoms with Gasteiger partial charge in [0.1, 0.15) is 0 Å². The van der Waals surface area contributed by atoms with Crippen molar-refractivity contribution >= 4 is 0 Å². The van der Waals surface area contributed by atoms with Crippen LogP contribution in [0.15, 0.2) is 36.5 Å². The van der Waals surface area contributed by atoms with E-state index in [2.05, 4.69) is 26.0 Å². The second-order valence-corrected chi connectivity index (χ2v) is 3.53. The van der Waals surface area contributed by atoms with E-state index in [-0.39, 0.29) is 21.1 Å². The minimum absolute atomic E-state index is 0. The molecule has 0 unspecified atom stereocenters. The predicted molar refractivity (Wildman–Crippen MR) is 75.1 cm³/mol. The number of unbranched alkanes of at least 4 members (excludes halogenated alkanes) is 4. The van der Waals surface area contributed by atoms with Gasteiger partial charge < -0.3 is 0 Å². The van der Waals surface area contributed by atoms with Crippen molar-refractivity contribution in [1.29, 1.82) is 0 Å². The summed E-state index contributed by atoms with van der Waals surface area (Å²) in [5.74, 6) is 0. The second-order valence-electron chi connectivity index (χ2n) is 3.53. The van der Waals surface area contributed by atoms with Crippen molar-refractivity contribution in [2.75, 3.05) is 0 Å². The Morgan fingerprint density at radius 2 is 1.12 bits per heavy atom. The summed E-state index contributed by atoms with van der Waals surface area (Å²) in [6, 6.07) is 0. The summed E-state index contributed by atoms with van der Waals surface area (Å²) in [5, 5.41) is 0. The van der Waals surface area contributed by atoms with Gasteiger partial charge in [-0.3, -0.25) is 13.2 Å². The van der Waals surface area contributed by atoms with Crippen LogP contribution in [0.3, 0.4) is 0 Å². The molecule has 0 N–H and O–H groups in total. The van der Waals surface area contributed by atoms with Crippen molar-refractivity contribution in [2.45, 2.75) is 52.4 Å². The fraction of sp³-hybridized carbons (Fsp3) is 0.500. The molecule has 0 nitrogen and oxygen atoms in total. The van der Waals surface area contributed by atoms with Crippen LogP contribution in [0.25, 0.3) is 0 Å². The summed E-state index contributed by atoms with van der Waals surface area (Å²) in [7, 11) is 0. The van der Waals surface area contributed by atoms with Crippen LogP contribution < -0.4 is 0 Å².